The number of nitro groups is 1. The van der Waals surface area contributed by atoms with E-state index in [1.54, 1.807) is 17.1 Å². The molecule has 0 unspecified atom stereocenters. The van der Waals surface area contributed by atoms with Crippen LogP contribution in [-0.4, -0.2) is 36.3 Å². The van der Waals surface area contributed by atoms with Crippen molar-refractivity contribution in [3.63, 3.8) is 0 Å². The summed E-state index contributed by atoms with van der Waals surface area (Å²) in [5, 5.41) is 21.1. The molecular formula is C10H16N4O3. The lowest BCUT2D eigenvalue weighted by molar-refractivity contribution is -0.384. The van der Waals surface area contributed by atoms with Gasteiger partial charge in [-0.2, -0.15) is 0 Å². The van der Waals surface area contributed by atoms with Crippen LogP contribution in [0.4, 0.5) is 11.4 Å². The second-order valence-corrected chi connectivity index (χ2v) is 3.35. The van der Waals surface area contributed by atoms with E-state index in [0.29, 0.717) is 19.6 Å². The van der Waals surface area contributed by atoms with E-state index < -0.39 is 4.92 Å². The molecule has 1 rings (SSSR count). The molecule has 0 amide bonds. The number of nitro benzene ring substituents is 1. The first-order chi connectivity index (χ1) is 8.19. The number of anilines is 1. The molecule has 0 spiro atoms. The van der Waals surface area contributed by atoms with Crippen LogP contribution in [0.3, 0.4) is 0 Å². The molecule has 0 heterocycles. The van der Waals surface area contributed by atoms with Crippen molar-refractivity contribution in [2.45, 2.75) is 0 Å². The summed E-state index contributed by atoms with van der Waals surface area (Å²) in [5.41, 5.74) is 9.17. The number of aliphatic hydroxyl groups is 1. The molecule has 0 atom stereocenters. The summed E-state index contributed by atoms with van der Waals surface area (Å²) >= 11 is 0. The molecule has 1 aromatic carbocycles. The van der Waals surface area contributed by atoms with E-state index in [1.165, 1.54) is 12.1 Å². The highest BCUT2D eigenvalue weighted by Crippen LogP contribution is 2.17. The first-order valence-corrected chi connectivity index (χ1v) is 5.25. The first-order valence-electron chi connectivity index (χ1n) is 5.25. The minimum absolute atomic E-state index is 0.0193. The number of non-ortho nitro benzene ring substituents is 1. The molecule has 0 aromatic heterocycles. The zero-order valence-corrected chi connectivity index (χ0v) is 9.37. The van der Waals surface area contributed by atoms with E-state index in [-0.39, 0.29) is 12.3 Å². The molecule has 0 aliphatic carbocycles. The number of nitrogens with zero attached hydrogens (tertiary/aromatic N) is 2. The Morgan fingerprint density at radius 1 is 1.41 bits per heavy atom. The van der Waals surface area contributed by atoms with Gasteiger partial charge < -0.3 is 15.8 Å². The van der Waals surface area contributed by atoms with Gasteiger partial charge in [-0.15, -0.1) is 0 Å². The molecule has 94 valence electrons. The fourth-order valence-corrected chi connectivity index (χ4v) is 1.35. The van der Waals surface area contributed by atoms with Gasteiger partial charge in [0.05, 0.1) is 23.8 Å². The second kappa shape index (κ2) is 6.79. The number of nitrogens with one attached hydrogen (secondary N) is 1. The van der Waals surface area contributed by atoms with E-state index in [0.717, 1.165) is 5.69 Å². The van der Waals surface area contributed by atoms with Gasteiger partial charge in [-0.05, 0) is 12.1 Å². The molecule has 0 aliphatic heterocycles. The van der Waals surface area contributed by atoms with Gasteiger partial charge in [-0.25, -0.2) is 5.43 Å². The summed E-state index contributed by atoms with van der Waals surface area (Å²) in [6, 6.07) is 6.09. The topological polar surface area (TPSA) is 105 Å². The Kier molecular flexibility index (Phi) is 5.34. The SMILES string of the molecule is NCCNN(CCO)c1ccc([N+](=O)[O-])cc1. The summed E-state index contributed by atoms with van der Waals surface area (Å²) in [5.74, 6) is 0. The number of nitrogens with two attached hydrogens (primary N) is 1. The maximum absolute atomic E-state index is 10.5. The Hall–Kier alpha value is -1.70. The first kappa shape index (κ1) is 13.4. The van der Waals surface area contributed by atoms with Gasteiger partial charge in [0.2, 0.25) is 0 Å². The van der Waals surface area contributed by atoms with Crippen molar-refractivity contribution in [1.82, 2.24) is 5.43 Å². The lowest BCUT2D eigenvalue weighted by atomic mass is 10.3. The Morgan fingerprint density at radius 2 is 2.06 bits per heavy atom. The molecule has 7 nitrogen and oxygen atoms in total. The maximum Gasteiger partial charge on any atom is 0.269 e. The average molecular weight is 240 g/mol. The predicted octanol–water partition coefficient (Wildman–Crippen LogP) is -0.143. The summed E-state index contributed by atoms with van der Waals surface area (Å²) in [4.78, 5) is 10.0. The third kappa shape index (κ3) is 3.99. The van der Waals surface area contributed by atoms with Crippen molar-refractivity contribution in [1.29, 1.82) is 0 Å². The van der Waals surface area contributed by atoms with Crippen LogP contribution in [0.15, 0.2) is 24.3 Å². The molecule has 1 aromatic rings. The summed E-state index contributed by atoms with van der Waals surface area (Å²) in [7, 11) is 0. The summed E-state index contributed by atoms with van der Waals surface area (Å²) < 4.78 is 0. The highest BCUT2D eigenvalue weighted by Gasteiger charge is 2.08. The Morgan fingerprint density at radius 3 is 2.53 bits per heavy atom. The molecule has 4 N–H and O–H groups in total. The summed E-state index contributed by atoms with van der Waals surface area (Å²) in [6.07, 6.45) is 0. The maximum atomic E-state index is 10.5. The van der Waals surface area contributed by atoms with E-state index >= 15 is 0 Å². The van der Waals surface area contributed by atoms with Gasteiger partial charge in [0.25, 0.3) is 5.69 Å². The predicted molar refractivity (Wildman–Crippen MR) is 64.6 cm³/mol. The van der Waals surface area contributed by atoms with Crippen LogP contribution in [0.1, 0.15) is 0 Å². The van der Waals surface area contributed by atoms with Crippen LogP contribution in [0, 0.1) is 10.1 Å². The molecular weight excluding hydrogens is 224 g/mol. The third-order valence-electron chi connectivity index (χ3n) is 2.14. The van der Waals surface area contributed by atoms with Crippen molar-refractivity contribution >= 4 is 11.4 Å². The summed E-state index contributed by atoms with van der Waals surface area (Å²) in [6.45, 7) is 1.40. The smallest absolute Gasteiger partial charge is 0.269 e. The molecule has 0 fully saturated rings. The highest BCUT2D eigenvalue weighted by molar-refractivity contribution is 5.49. The molecule has 7 heteroatoms. The molecule has 0 bridgehead atoms. The van der Waals surface area contributed by atoms with Crippen LogP contribution in [0.2, 0.25) is 0 Å². The Labute approximate surface area is 99.0 Å². The monoisotopic (exact) mass is 240 g/mol. The highest BCUT2D eigenvalue weighted by atomic mass is 16.6. The van der Waals surface area contributed by atoms with Gasteiger partial charge in [-0.1, -0.05) is 0 Å². The molecule has 0 saturated heterocycles. The fraction of sp³-hybridized carbons (Fsp3) is 0.400. The van der Waals surface area contributed by atoms with E-state index in [4.69, 9.17) is 10.8 Å². The minimum atomic E-state index is -0.451. The van der Waals surface area contributed by atoms with Crippen LogP contribution in [-0.2, 0) is 0 Å². The standard InChI is InChI=1S/C10H16N4O3/c11-5-6-12-13(7-8-15)9-1-3-10(4-2-9)14(16)17/h1-4,12,15H,5-8,11H2. The zero-order valence-electron chi connectivity index (χ0n) is 9.37. The van der Waals surface area contributed by atoms with Crippen molar-refractivity contribution in [2.24, 2.45) is 5.73 Å². The van der Waals surface area contributed by atoms with Gasteiger partial charge in [-0.3, -0.25) is 10.1 Å². The fourth-order valence-electron chi connectivity index (χ4n) is 1.35. The van der Waals surface area contributed by atoms with Crippen molar-refractivity contribution in [3.05, 3.63) is 34.4 Å². The van der Waals surface area contributed by atoms with Crippen molar-refractivity contribution < 1.29 is 10.0 Å². The number of aliphatic hydroxyl groups excluding tert-OH is 1. The normalized spacial score (nSPS) is 10.2. The molecule has 0 aliphatic rings. The zero-order chi connectivity index (χ0) is 12.7. The number of hydrogen-bond acceptors (Lipinski definition) is 6. The Balaban J connectivity index is 2.75. The quantitative estimate of drug-likeness (QED) is 0.452. The number of benzene rings is 1. The minimum Gasteiger partial charge on any atom is -0.394 e. The van der Waals surface area contributed by atoms with Gasteiger partial charge >= 0.3 is 0 Å². The van der Waals surface area contributed by atoms with Gasteiger partial charge in [0.15, 0.2) is 0 Å². The lowest BCUT2D eigenvalue weighted by Gasteiger charge is -2.24. The van der Waals surface area contributed by atoms with Crippen molar-refractivity contribution in [3.8, 4) is 0 Å². The van der Waals surface area contributed by atoms with E-state index in [2.05, 4.69) is 5.43 Å². The van der Waals surface area contributed by atoms with Gasteiger partial charge in [0.1, 0.15) is 0 Å². The van der Waals surface area contributed by atoms with Crippen LogP contribution in [0.5, 0.6) is 0 Å². The number of hydrazine groups is 1. The lowest BCUT2D eigenvalue weighted by Crippen LogP contribution is -2.42. The van der Waals surface area contributed by atoms with E-state index in [1.807, 2.05) is 0 Å². The molecule has 0 radical (unpaired) electrons. The molecule has 0 saturated carbocycles. The van der Waals surface area contributed by atoms with Crippen LogP contribution in [0.25, 0.3) is 0 Å². The van der Waals surface area contributed by atoms with Crippen LogP contribution < -0.4 is 16.2 Å². The third-order valence-corrected chi connectivity index (χ3v) is 2.14. The molecule has 17 heavy (non-hydrogen) atoms. The number of rotatable bonds is 7. The largest absolute Gasteiger partial charge is 0.394 e. The van der Waals surface area contributed by atoms with Crippen molar-refractivity contribution in [2.75, 3.05) is 31.3 Å². The second-order valence-electron chi connectivity index (χ2n) is 3.35. The number of hydrogen-bond donors (Lipinski definition) is 3. The Bertz CT molecular complexity index is 355. The van der Waals surface area contributed by atoms with Gasteiger partial charge in [0, 0.05) is 25.2 Å². The average Bonchev–Trinajstić information content (AvgIpc) is 2.34. The van der Waals surface area contributed by atoms with Crippen LogP contribution >= 0.6 is 0 Å². The van der Waals surface area contributed by atoms with E-state index in [9.17, 15) is 10.1 Å².